The Kier molecular flexibility index (Phi) is 6.36. The van der Waals surface area contributed by atoms with E-state index in [-0.39, 0.29) is 10.9 Å². The Balaban J connectivity index is 1.53. The molecule has 10 nitrogen and oxygen atoms in total. The van der Waals surface area contributed by atoms with Gasteiger partial charge in [-0.2, -0.15) is 15.3 Å². The van der Waals surface area contributed by atoms with Crippen LogP contribution in [0.25, 0.3) is 11.0 Å². The standard InChI is InChI=1S/C25H28N8O2S/c1-16-3-9-20(10-4-16)36(34,35)33-14-12-21-23(33)24(29-22-15-17(2)31-32-22)30-25(28-21)27-19-7-5-18(6-8-19)11-13-26/h3-4,9-10,12,14-15,18-19H,5-8,11H2,1-2H3,(H3,27,28,29,30,31,32). The highest BCUT2D eigenvalue weighted by Gasteiger charge is 2.25. The van der Waals surface area contributed by atoms with E-state index in [0.29, 0.717) is 41.0 Å². The van der Waals surface area contributed by atoms with E-state index < -0.39 is 10.0 Å². The number of anilines is 3. The van der Waals surface area contributed by atoms with Crippen LogP contribution in [0.4, 0.5) is 17.6 Å². The molecule has 3 heterocycles. The minimum absolute atomic E-state index is 0.184. The molecule has 1 aliphatic rings. The van der Waals surface area contributed by atoms with E-state index in [0.717, 1.165) is 36.9 Å². The van der Waals surface area contributed by atoms with Gasteiger partial charge in [0.05, 0.1) is 16.5 Å². The zero-order chi connectivity index (χ0) is 25.3. The summed E-state index contributed by atoms with van der Waals surface area (Å²) in [5.41, 5.74) is 2.68. The van der Waals surface area contributed by atoms with Crippen LogP contribution in [0.5, 0.6) is 0 Å². The summed E-state index contributed by atoms with van der Waals surface area (Å²) in [6, 6.07) is 12.7. The van der Waals surface area contributed by atoms with Crippen molar-refractivity contribution in [2.45, 2.75) is 56.9 Å². The molecule has 0 atom stereocenters. The first-order chi connectivity index (χ1) is 17.3. The highest BCUT2D eigenvalue weighted by molar-refractivity contribution is 7.90. The van der Waals surface area contributed by atoms with Gasteiger partial charge in [-0.15, -0.1) is 0 Å². The van der Waals surface area contributed by atoms with Crippen LogP contribution in [0.3, 0.4) is 0 Å². The van der Waals surface area contributed by atoms with Gasteiger partial charge in [0.25, 0.3) is 10.0 Å². The number of nitrogens with zero attached hydrogens (tertiary/aromatic N) is 5. The molecule has 3 N–H and O–H groups in total. The Morgan fingerprint density at radius 2 is 1.86 bits per heavy atom. The lowest BCUT2D eigenvalue weighted by molar-refractivity contribution is 0.342. The van der Waals surface area contributed by atoms with Crippen molar-refractivity contribution in [2.24, 2.45) is 5.92 Å². The van der Waals surface area contributed by atoms with Gasteiger partial charge in [-0.25, -0.2) is 17.4 Å². The van der Waals surface area contributed by atoms with Crippen LogP contribution in [0, 0.1) is 31.1 Å². The number of hydrogen-bond donors (Lipinski definition) is 3. The molecule has 0 unspecified atom stereocenters. The first-order valence-corrected chi connectivity index (χ1v) is 13.4. The van der Waals surface area contributed by atoms with Gasteiger partial charge in [-0.05, 0) is 63.6 Å². The van der Waals surface area contributed by atoms with Crippen molar-refractivity contribution in [3.8, 4) is 6.07 Å². The minimum atomic E-state index is -3.88. The van der Waals surface area contributed by atoms with Crippen molar-refractivity contribution in [1.82, 2.24) is 24.1 Å². The van der Waals surface area contributed by atoms with Gasteiger partial charge in [0.15, 0.2) is 11.6 Å². The van der Waals surface area contributed by atoms with E-state index in [4.69, 9.17) is 5.26 Å². The van der Waals surface area contributed by atoms with Crippen LogP contribution in [0.15, 0.2) is 47.5 Å². The number of hydrogen-bond acceptors (Lipinski definition) is 8. The van der Waals surface area contributed by atoms with Crippen LogP contribution in [0.2, 0.25) is 0 Å². The van der Waals surface area contributed by atoms with Crippen molar-refractivity contribution in [2.75, 3.05) is 10.6 Å². The number of aromatic amines is 1. The van der Waals surface area contributed by atoms with Crippen molar-refractivity contribution >= 4 is 38.6 Å². The summed E-state index contributed by atoms with van der Waals surface area (Å²) in [4.78, 5) is 9.51. The largest absolute Gasteiger partial charge is 0.351 e. The van der Waals surface area contributed by atoms with Gasteiger partial charge in [0.1, 0.15) is 5.52 Å². The van der Waals surface area contributed by atoms with Crippen molar-refractivity contribution in [3.63, 3.8) is 0 Å². The molecule has 1 fully saturated rings. The van der Waals surface area contributed by atoms with E-state index in [1.807, 2.05) is 19.9 Å². The predicted octanol–water partition coefficient (Wildman–Crippen LogP) is 4.64. The Bertz CT molecular complexity index is 1520. The number of nitriles is 1. The van der Waals surface area contributed by atoms with Crippen molar-refractivity contribution in [1.29, 1.82) is 5.26 Å². The smallest absolute Gasteiger partial charge is 0.268 e. The Labute approximate surface area is 209 Å². The second kappa shape index (κ2) is 9.62. The summed E-state index contributed by atoms with van der Waals surface area (Å²) >= 11 is 0. The molecule has 1 aromatic carbocycles. The third-order valence-electron chi connectivity index (χ3n) is 6.59. The van der Waals surface area contributed by atoms with E-state index in [2.05, 4.69) is 36.9 Å². The zero-order valence-electron chi connectivity index (χ0n) is 20.2. The predicted molar refractivity (Wildman–Crippen MR) is 137 cm³/mol. The zero-order valence-corrected chi connectivity index (χ0v) is 21.0. The van der Waals surface area contributed by atoms with E-state index in [9.17, 15) is 8.42 Å². The summed E-state index contributed by atoms with van der Waals surface area (Å²) in [6.45, 7) is 3.79. The number of H-pyrrole nitrogens is 1. The average Bonchev–Trinajstić information content (AvgIpc) is 3.47. The molecule has 1 aliphatic carbocycles. The quantitative estimate of drug-likeness (QED) is 0.331. The second-order valence-electron chi connectivity index (χ2n) is 9.34. The lowest BCUT2D eigenvalue weighted by atomic mass is 9.84. The molecule has 0 aliphatic heterocycles. The van der Waals surface area contributed by atoms with E-state index >= 15 is 0 Å². The highest BCUT2D eigenvalue weighted by Crippen LogP contribution is 2.31. The van der Waals surface area contributed by atoms with Gasteiger partial charge >= 0.3 is 0 Å². The summed E-state index contributed by atoms with van der Waals surface area (Å²) in [5.74, 6) is 1.73. The van der Waals surface area contributed by atoms with E-state index in [1.165, 1.54) is 10.2 Å². The number of fused-ring (bicyclic) bond motifs is 1. The summed E-state index contributed by atoms with van der Waals surface area (Å²) in [6.07, 6.45) is 5.92. The fraction of sp³-hybridized carbons (Fsp3) is 0.360. The number of aryl methyl sites for hydroxylation is 2. The molecule has 11 heteroatoms. The fourth-order valence-corrected chi connectivity index (χ4v) is 5.97. The molecule has 0 amide bonds. The minimum Gasteiger partial charge on any atom is -0.351 e. The number of benzene rings is 1. The third kappa shape index (κ3) is 4.77. The van der Waals surface area contributed by atoms with Crippen LogP contribution in [0.1, 0.15) is 43.4 Å². The van der Waals surface area contributed by atoms with E-state index in [1.54, 1.807) is 30.3 Å². The molecular weight excluding hydrogens is 476 g/mol. The SMILES string of the molecule is Cc1ccc(S(=O)(=O)n2ccc3nc(NC4CCC(CC#N)CC4)nc(Nc4cc(C)[nH]n4)c32)cc1. The molecule has 4 aromatic rings. The van der Waals surface area contributed by atoms with Crippen LogP contribution in [-0.2, 0) is 10.0 Å². The third-order valence-corrected chi connectivity index (χ3v) is 8.28. The molecule has 0 radical (unpaired) electrons. The molecule has 0 spiro atoms. The van der Waals surface area contributed by atoms with Gasteiger partial charge in [0, 0.05) is 30.4 Å². The molecule has 0 saturated heterocycles. The van der Waals surface area contributed by atoms with Crippen LogP contribution >= 0.6 is 0 Å². The summed E-state index contributed by atoms with van der Waals surface area (Å²) in [7, 11) is -3.88. The monoisotopic (exact) mass is 504 g/mol. The number of rotatable bonds is 7. The van der Waals surface area contributed by atoms with Gasteiger partial charge in [-0.3, -0.25) is 5.10 Å². The normalized spacial score (nSPS) is 18.1. The first kappa shape index (κ1) is 23.8. The molecule has 36 heavy (non-hydrogen) atoms. The highest BCUT2D eigenvalue weighted by atomic mass is 32.2. The Hall–Kier alpha value is -3.91. The van der Waals surface area contributed by atoms with Gasteiger partial charge in [0.2, 0.25) is 5.95 Å². The average molecular weight is 505 g/mol. The fourth-order valence-electron chi connectivity index (χ4n) is 4.62. The maximum atomic E-state index is 13.5. The summed E-state index contributed by atoms with van der Waals surface area (Å²) in [5, 5.41) is 22.7. The second-order valence-corrected chi connectivity index (χ2v) is 11.2. The van der Waals surface area contributed by atoms with Crippen molar-refractivity contribution < 1.29 is 8.42 Å². The summed E-state index contributed by atoms with van der Waals surface area (Å²) < 4.78 is 28.3. The molecular formula is C25H28N8O2S. The Morgan fingerprint density at radius 1 is 1.11 bits per heavy atom. The van der Waals surface area contributed by atoms with Gasteiger partial charge in [-0.1, -0.05) is 17.7 Å². The lowest BCUT2D eigenvalue weighted by Crippen LogP contribution is -2.27. The maximum Gasteiger partial charge on any atom is 0.268 e. The maximum absolute atomic E-state index is 13.5. The molecule has 5 rings (SSSR count). The van der Waals surface area contributed by atoms with Crippen LogP contribution < -0.4 is 10.6 Å². The first-order valence-electron chi connectivity index (χ1n) is 12.0. The molecule has 186 valence electrons. The topological polar surface area (TPSA) is 141 Å². The molecule has 0 bridgehead atoms. The Morgan fingerprint density at radius 3 is 2.53 bits per heavy atom. The van der Waals surface area contributed by atoms with Crippen molar-refractivity contribution in [3.05, 3.63) is 53.9 Å². The van der Waals surface area contributed by atoms with Crippen LogP contribution in [-0.4, -0.2) is 38.6 Å². The van der Waals surface area contributed by atoms with Gasteiger partial charge < -0.3 is 10.6 Å². The lowest BCUT2D eigenvalue weighted by Gasteiger charge is -2.28. The number of aromatic nitrogens is 5. The number of nitrogens with one attached hydrogen (secondary N) is 3. The molecule has 1 saturated carbocycles. The molecule has 3 aromatic heterocycles.